The number of benzene rings is 2. The van der Waals surface area contributed by atoms with Gasteiger partial charge < -0.3 is 10.2 Å². The molecular formula is C27H39N3. The first kappa shape index (κ1) is 22.6. The summed E-state index contributed by atoms with van der Waals surface area (Å²) in [6, 6.07) is 16.9. The molecule has 3 rings (SSSR count). The van der Waals surface area contributed by atoms with E-state index in [2.05, 4.69) is 72.6 Å². The van der Waals surface area contributed by atoms with Crippen LogP contribution in [0.1, 0.15) is 65.2 Å². The first-order valence-electron chi connectivity index (χ1n) is 12.1. The molecule has 3 heteroatoms. The number of aromatic nitrogens is 1. The van der Waals surface area contributed by atoms with Gasteiger partial charge in [0.15, 0.2) is 0 Å². The minimum Gasteiger partial charge on any atom is -0.384 e. The number of unbranched alkanes of at least 4 members (excludes halogenated alkanes) is 5. The van der Waals surface area contributed by atoms with Gasteiger partial charge in [0, 0.05) is 17.3 Å². The summed E-state index contributed by atoms with van der Waals surface area (Å²) in [5.74, 6) is 0. The van der Waals surface area contributed by atoms with Gasteiger partial charge in [-0.2, -0.15) is 0 Å². The van der Waals surface area contributed by atoms with Crippen LogP contribution < -0.4 is 5.32 Å². The first-order valence-corrected chi connectivity index (χ1v) is 12.1. The lowest BCUT2D eigenvalue weighted by molar-refractivity contribution is 0.259. The van der Waals surface area contributed by atoms with E-state index in [9.17, 15) is 0 Å². The van der Waals surface area contributed by atoms with Crippen LogP contribution in [-0.4, -0.2) is 36.1 Å². The average Bonchev–Trinajstić information content (AvgIpc) is 2.79. The lowest BCUT2D eigenvalue weighted by atomic mass is 10.1. The number of nitrogens with zero attached hydrogens (tertiary/aromatic N) is 2. The zero-order chi connectivity index (χ0) is 21.0. The molecule has 1 N–H and O–H groups in total. The maximum atomic E-state index is 4.82. The summed E-state index contributed by atoms with van der Waals surface area (Å²) in [5, 5.41) is 6.18. The van der Waals surface area contributed by atoms with Crippen LogP contribution in [0.2, 0.25) is 0 Å². The van der Waals surface area contributed by atoms with E-state index in [1.807, 2.05) is 0 Å². The van der Waals surface area contributed by atoms with Gasteiger partial charge >= 0.3 is 0 Å². The molecule has 0 bridgehead atoms. The maximum Gasteiger partial charge on any atom is 0.0730 e. The average molecular weight is 406 g/mol. The number of fused-ring (bicyclic) bond motifs is 2. The first-order chi connectivity index (χ1) is 14.8. The van der Waals surface area contributed by atoms with E-state index in [4.69, 9.17) is 4.98 Å². The van der Waals surface area contributed by atoms with Crippen LogP contribution in [0.4, 0.5) is 5.69 Å². The van der Waals surface area contributed by atoms with E-state index in [1.165, 1.54) is 87.5 Å². The van der Waals surface area contributed by atoms with E-state index in [0.717, 1.165) is 17.6 Å². The van der Waals surface area contributed by atoms with Crippen LogP contribution in [0, 0.1) is 0 Å². The summed E-state index contributed by atoms with van der Waals surface area (Å²) >= 11 is 0. The Balaban J connectivity index is 1.47. The van der Waals surface area contributed by atoms with Crippen LogP contribution in [0.25, 0.3) is 21.8 Å². The van der Waals surface area contributed by atoms with Crippen molar-refractivity contribution in [1.82, 2.24) is 9.88 Å². The molecule has 0 saturated carbocycles. The van der Waals surface area contributed by atoms with Crippen molar-refractivity contribution in [2.75, 3.05) is 31.5 Å². The van der Waals surface area contributed by atoms with Gasteiger partial charge in [0.25, 0.3) is 0 Å². The quantitative estimate of drug-likeness (QED) is 0.226. The molecule has 0 amide bonds. The predicted molar refractivity (Wildman–Crippen MR) is 132 cm³/mol. The van der Waals surface area contributed by atoms with Crippen LogP contribution in [0.5, 0.6) is 0 Å². The largest absolute Gasteiger partial charge is 0.384 e. The minimum atomic E-state index is 1.02. The monoisotopic (exact) mass is 405 g/mol. The molecule has 0 atom stereocenters. The summed E-state index contributed by atoms with van der Waals surface area (Å²) in [6.45, 7) is 9.43. The Kier molecular flexibility index (Phi) is 9.43. The van der Waals surface area contributed by atoms with Gasteiger partial charge in [-0.25, -0.2) is 4.98 Å². The fraction of sp³-hybridized carbons (Fsp3) is 0.519. The molecule has 0 aliphatic rings. The van der Waals surface area contributed by atoms with Gasteiger partial charge in [0.2, 0.25) is 0 Å². The Morgan fingerprint density at radius 3 is 1.80 bits per heavy atom. The third kappa shape index (κ3) is 6.43. The molecule has 0 aliphatic heterocycles. The Morgan fingerprint density at radius 1 is 0.667 bits per heavy atom. The fourth-order valence-electron chi connectivity index (χ4n) is 4.16. The highest BCUT2D eigenvalue weighted by atomic mass is 15.1. The number of anilines is 1. The molecule has 0 spiro atoms. The van der Waals surface area contributed by atoms with Crippen molar-refractivity contribution in [3.05, 3.63) is 48.5 Å². The van der Waals surface area contributed by atoms with Gasteiger partial charge in [-0.15, -0.1) is 0 Å². The molecule has 0 radical (unpaired) electrons. The topological polar surface area (TPSA) is 28.2 Å². The number of para-hydroxylation sites is 2. The Hall–Kier alpha value is -2.13. The lowest BCUT2D eigenvalue weighted by Crippen LogP contribution is -2.27. The normalized spacial score (nSPS) is 11.6. The molecule has 0 aliphatic carbocycles. The molecule has 162 valence electrons. The fourth-order valence-corrected chi connectivity index (χ4v) is 4.16. The number of nitrogens with one attached hydrogen (secondary N) is 1. The maximum absolute atomic E-state index is 4.82. The van der Waals surface area contributed by atoms with Gasteiger partial charge in [-0.1, -0.05) is 75.9 Å². The second kappa shape index (κ2) is 12.5. The Morgan fingerprint density at radius 2 is 1.20 bits per heavy atom. The molecule has 0 unspecified atom stereocenters. The molecule has 0 fully saturated rings. The summed E-state index contributed by atoms with van der Waals surface area (Å²) < 4.78 is 0. The van der Waals surface area contributed by atoms with Crippen molar-refractivity contribution >= 4 is 27.5 Å². The highest BCUT2D eigenvalue weighted by Gasteiger charge is 2.08. The summed E-state index contributed by atoms with van der Waals surface area (Å²) in [5.41, 5.74) is 3.37. The van der Waals surface area contributed by atoms with Crippen LogP contribution in [0.3, 0.4) is 0 Å². The number of pyridine rings is 1. The van der Waals surface area contributed by atoms with Crippen molar-refractivity contribution in [1.29, 1.82) is 0 Å². The smallest absolute Gasteiger partial charge is 0.0730 e. The standard InChI is InChI=1S/C27H39N3/c1-3-5-20-30(21-6-4-2)22-14-8-7-13-19-28-27-23-15-9-11-17-25(23)29-26-18-12-10-16-24(26)27/h9-12,15-18H,3-8,13-14,19-22H2,1-2H3,(H,28,29). The molecule has 3 aromatic rings. The highest BCUT2D eigenvalue weighted by molar-refractivity contribution is 6.07. The molecule has 1 heterocycles. The van der Waals surface area contributed by atoms with Gasteiger partial charge in [-0.3, -0.25) is 0 Å². The molecule has 0 saturated heterocycles. The van der Waals surface area contributed by atoms with E-state index >= 15 is 0 Å². The SMILES string of the molecule is CCCCN(CCCC)CCCCCCNc1c2ccccc2nc2ccccc12. The van der Waals surface area contributed by atoms with Crippen LogP contribution in [-0.2, 0) is 0 Å². The third-order valence-electron chi connectivity index (χ3n) is 5.95. The van der Waals surface area contributed by atoms with Crippen LogP contribution >= 0.6 is 0 Å². The van der Waals surface area contributed by atoms with Crippen molar-refractivity contribution in [2.45, 2.75) is 65.2 Å². The second-order valence-corrected chi connectivity index (χ2v) is 8.41. The zero-order valence-corrected chi connectivity index (χ0v) is 19.0. The van der Waals surface area contributed by atoms with Crippen molar-refractivity contribution in [2.24, 2.45) is 0 Å². The van der Waals surface area contributed by atoms with Gasteiger partial charge in [-0.05, 0) is 57.5 Å². The summed E-state index contributed by atoms with van der Waals surface area (Å²) in [7, 11) is 0. The molecule has 1 aromatic heterocycles. The van der Waals surface area contributed by atoms with Gasteiger partial charge in [0.05, 0.1) is 16.7 Å². The zero-order valence-electron chi connectivity index (χ0n) is 19.0. The van der Waals surface area contributed by atoms with Crippen LogP contribution in [0.15, 0.2) is 48.5 Å². The summed E-state index contributed by atoms with van der Waals surface area (Å²) in [4.78, 5) is 7.50. The molecule has 2 aromatic carbocycles. The van der Waals surface area contributed by atoms with Crippen molar-refractivity contribution < 1.29 is 0 Å². The van der Waals surface area contributed by atoms with E-state index < -0.39 is 0 Å². The summed E-state index contributed by atoms with van der Waals surface area (Å²) in [6.07, 6.45) is 10.4. The highest BCUT2D eigenvalue weighted by Crippen LogP contribution is 2.30. The van der Waals surface area contributed by atoms with E-state index in [-0.39, 0.29) is 0 Å². The predicted octanol–water partition coefficient (Wildman–Crippen LogP) is 7.26. The number of hydrogen-bond donors (Lipinski definition) is 1. The molecule has 3 nitrogen and oxygen atoms in total. The number of rotatable bonds is 14. The molecule has 30 heavy (non-hydrogen) atoms. The third-order valence-corrected chi connectivity index (χ3v) is 5.95. The van der Waals surface area contributed by atoms with Crippen molar-refractivity contribution in [3.63, 3.8) is 0 Å². The Labute approximate surface area is 182 Å². The number of hydrogen-bond acceptors (Lipinski definition) is 3. The van der Waals surface area contributed by atoms with Gasteiger partial charge in [0.1, 0.15) is 0 Å². The minimum absolute atomic E-state index is 1.02. The Bertz CT molecular complexity index is 828. The second-order valence-electron chi connectivity index (χ2n) is 8.41. The van der Waals surface area contributed by atoms with Crippen molar-refractivity contribution in [3.8, 4) is 0 Å². The van der Waals surface area contributed by atoms with E-state index in [1.54, 1.807) is 0 Å². The lowest BCUT2D eigenvalue weighted by Gasteiger charge is -2.21. The van der Waals surface area contributed by atoms with E-state index in [0.29, 0.717) is 0 Å². The molecular weight excluding hydrogens is 366 g/mol.